The molecule has 1 amide bonds. The van der Waals surface area contributed by atoms with Gasteiger partial charge in [-0.2, -0.15) is 0 Å². The van der Waals surface area contributed by atoms with Gasteiger partial charge in [-0.3, -0.25) is 4.79 Å². The molecule has 126 valence electrons. The SMILES string of the molecule is CCCN(C)c1ccc(C(=O)N2CCCNCC2)cc1.Cl.Cl. The molecular formula is C16H27Cl2N3O. The molecule has 1 aliphatic heterocycles. The van der Waals surface area contributed by atoms with Crippen LogP contribution in [-0.2, 0) is 0 Å². The highest BCUT2D eigenvalue weighted by Gasteiger charge is 2.16. The molecule has 6 heteroatoms. The van der Waals surface area contributed by atoms with Crippen LogP contribution in [0.5, 0.6) is 0 Å². The Balaban J connectivity index is 0.00000220. The molecule has 1 saturated heterocycles. The average Bonchev–Trinajstić information content (AvgIpc) is 2.76. The number of hydrogen-bond donors (Lipinski definition) is 1. The van der Waals surface area contributed by atoms with Crippen LogP contribution in [0.4, 0.5) is 5.69 Å². The first-order valence-corrected chi connectivity index (χ1v) is 7.53. The normalized spacial score (nSPS) is 14.4. The topological polar surface area (TPSA) is 35.6 Å². The van der Waals surface area contributed by atoms with Crippen LogP contribution in [0, 0.1) is 0 Å². The van der Waals surface area contributed by atoms with Gasteiger partial charge in [-0.1, -0.05) is 6.92 Å². The predicted molar refractivity (Wildman–Crippen MR) is 97.9 cm³/mol. The number of amides is 1. The Labute approximate surface area is 146 Å². The molecule has 22 heavy (non-hydrogen) atoms. The third-order valence-electron chi connectivity index (χ3n) is 3.74. The van der Waals surface area contributed by atoms with Crippen LogP contribution in [0.3, 0.4) is 0 Å². The summed E-state index contributed by atoms with van der Waals surface area (Å²) in [6.07, 6.45) is 2.15. The Bertz CT molecular complexity index is 432. The van der Waals surface area contributed by atoms with Crippen LogP contribution in [0.15, 0.2) is 24.3 Å². The number of nitrogens with zero attached hydrogens (tertiary/aromatic N) is 2. The fourth-order valence-corrected chi connectivity index (χ4v) is 2.55. The van der Waals surface area contributed by atoms with Gasteiger partial charge in [0.25, 0.3) is 5.91 Å². The highest BCUT2D eigenvalue weighted by Crippen LogP contribution is 2.15. The Morgan fingerprint density at radius 1 is 1.18 bits per heavy atom. The average molecular weight is 348 g/mol. The monoisotopic (exact) mass is 347 g/mol. The van der Waals surface area contributed by atoms with Gasteiger partial charge in [0.05, 0.1) is 0 Å². The molecule has 0 atom stereocenters. The lowest BCUT2D eigenvalue weighted by Gasteiger charge is -2.21. The van der Waals surface area contributed by atoms with Gasteiger partial charge in [-0.15, -0.1) is 24.8 Å². The van der Waals surface area contributed by atoms with Crippen molar-refractivity contribution in [3.63, 3.8) is 0 Å². The standard InChI is InChI=1S/C16H25N3O.2ClH/c1-3-11-18(2)15-7-5-14(6-8-15)16(20)19-12-4-9-17-10-13-19;;/h5-8,17H,3-4,9-13H2,1-2H3;2*1H. The third-order valence-corrected chi connectivity index (χ3v) is 3.74. The first-order chi connectivity index (χ1) is 9.72. The number of benzene rings is 1. The van der Waals surface area contributed by atoms with E-state index in [0.29, 0.717) is 0 Å². The molecular weight excluding hydrogens is 321 g/mol. The first kappa shape index (κ1) is 21.0. The van der Waals surface area contributed by atoms with Gasteiger partial charge in [0.15, 0.2) is 0 Å². The minimum Gasteiger partial charge on any atom is -0.375 e. The van der Waals surface area contributed by atoms with E-state index in [-0.39, 0.29) is 30.7 Å². The van der Waals surface area contributed by atoms with E-state index in [1.807, 2.05) is 29.2 Å². The number of halogens is 2. The molecule has 0 bridgehead atoms. The fourth-order valence-electron chi connectivity index (χ4n) is 2.55. The highest BCUT2D eigenvalue weighted by atomic mass is 35.5. The van der Waals surface area contributed by atoms with E-state index in [1.165, 1.54) is 5.69 Å². The van der Waals surface area contributed by atoms with E-state index in [9.17, 15) is 4.79 Å². The van der Waals surface area contributed by atoms with Gasteiger partial charge >= 0.3 is 0 Å². The summed E-state index contributed by atoms with van der Waals surface area (Å²) in [6, 6.07) is 7.97. The summed E-state index contributed by atoms with van der Waals surface area (Å²) in [6.45, 7) is 6.75. The van der Waals surface area contributed by atoms with Crippen molar-refractivity contribution in [3.05, 3.63) is 29.8 Å². The zero-order valence-electron chi connectivity index (χ0n) is 13.4. The van der Waals surface area contributed by atoms with Gasteiger partial charge in [0.1, 0.15) is 0 Å². The van der Waals surface area contributed by atoms with E-state index in [4.69, 9.17) is 0 Å². The fraction of sp³-hybridized carbons (Fsp3) is 0.562. The van der Waals surface area contributed by atoms with Gasteiger partial charge in [0.2, 0.25) is 0 Å². The van der Waals surface area contributed by atoms with Crippen molar-refractivity contribution < 1.29 is 4.79 Å². The van der Waals surface area contributed by atoms with E-state index in [0.717, 1.165) is 51.1 Å². The maximum atomic E-state index is 12.4. The molecule has 1 aliphatic rings. The molecule has 0 aromatic heterocycles. The maximum Gasteiger partial charge on any atom is 0.253 e. The van der Waals surface area contributed by atoms with Crippen LogP contribution in [0.2, 0.25) is 0 Å². The van der Waals surface area contributed by atoms with Crippen molar-refractivity contribution in [2.75, 3.05) is 44.7 Å². The van der Waals surface area contributed by atoms with Gasteiger partial charge in [-0.25, -0.2) is 0 Å². The lowest BCUT2D eigenvalue weighted by molar-refractivity contribution is 0.0766. The molecule has 1 aromatic rings. The lowest BCUT2D eigenvalue weighted by atomic mass is 10.1. The van der Waals surface area contributed by atoms with E-state index in [1.54, 1.807) is 0 Å². The first-order valence-electron chi connectivity index (χ1n) is 7.53. The molecule has 0 aliphatic carbocycles. The van der Waals surface area contributed by atoms with Crippen LogP contribution < -0.4 is 10.2 Å². The second-order valence-electron chi connectivity index (χ2n) is 5.36. The summed E-state index contributed by atoms with van der Waals surface area (Å²) in [7, 11) is 2.08. The number of nitrogens with one attached hydrogen (secondary N) is 1. The maximum absolute atomic E-state index is 12.4. The minimum absolute atomic E-state index is 0. The second kappa shape index (κ2) is 10.7. The Morgan fingerprint density at radius 2 is 1.86 bits per heavy atom. The van der Waals surface area contributed by atoms with E-state index < -0.39 is 0 Å². The smallest absolute Gasteiger partial charge is 0.253 e. The number of carbonyl (C=O) groups is 1. The molecule has 4 nitrogen and oxygen atoms in total. The summed E-state index contributed by atoms with van der Waals surface area (Å²) >= 11 is 0. The molecule has 2 rings (SSSR count). The number of hydrogen-bond acceptors (Lipinski definition) is 3. The van der Waals surface area contributed by atoms with Crippen molar-refractivity contribution in [1.82, 2.24) is 10.2 Å². The van der Waals surface area contributed by atoms with Crippen molar-refractivity contribution in [1.29, 1.82) is 0 Å². The van der Waals surface area contributed by atoms with Crippen LogP contribution in [0.25, 0.3) is 0 Å². The third kappa shape index (κ3) is 5.67. The molecule has 0 unspecified atom stereocenters. The van der Waals surface area contributed by atoms with Crippen LogP contribution in [-0.4, -0.2) is 50.6 Å². The zero-order chi connectivity index (χ0) is 14.4. The molecule has 0 spiro atoms. The quantitative estimate of drug-likeness (QED) is 0.909. The zero-order valence-corrected chi connectivity index (χ0v) is 15.0. The number of rotatable bonds is 4. The number of carbonyl (C=O) groups excluding carboxylic acids is 1. The van der Waals surface area contributed by atoms with Gasteiger partial charge in [0, 0.05) is 44.5 Å². The lowest BCUT2D eigenvalue weighted by Crippen LogP contribution is -2.34. The van der Waals surface area contributed by atoms with Crippen LogP contribution in [0.1, 0.15) is 30.1 Å². The highest BCUT2D eigenvalue weighted by molar-refractivity contribution is 5.94. The molecule has 1 fully saturated rings. The minimum atomic E-state index is 0. The summed E-state index contributed by atoms with van der Waals surface area (Å²) < 4.78 is 0. The number of anilines is 1. The summed E-state index contributed by atoms with van der Waals surface area (Å²) in [5, 5.41) is 3.32. The summed E-state index contributed by atoms with van der Waals surface area (Å²) in [5.74, 6) is 0.151. The molecule has 1 N–H and O–H groups in total. The Hall–Kier alpha value is -0.970. The molecule has 1 heterocycles. The van der Waals surface area contributed by atoms with E-state index in [2.05, 4.69) is 24.2 Å². The van der Waals surface area contributed by atoms with E-state index >= 15 is 0 Å². The van der Waals surface area contributed by atoms with Gasteiger partial charge in [-0.05, 0) is 43.7 Å². The second-order valence-corrected chi connectivity index (χ2v) is 5.36. The summed E-state index contributed by atoms with van der Waals surface area (Å²) in [4.78, 5) is 16.6. The molecule has 0 radical (unpaired) electrons. The van der Waals surface area contributed by atoms with Gasteiger partial charge < -0.3 is 15.1 Å². The largest absolute Gasteiger partial charge is 0.375 e. The predicted octanol–water partition coefficient (Wildman–Crippen LogP) is 2.81. The van der Waals surface area contributed by atoms with Crippen molar-refractivity contribution >= 4 is 36.4 Å². The Kier molecular flexibility index (Phi) is 10.2. The van der Waals surface area contributed by atoms with Crippen molar-refractivity contribution in [2.45, 2.75) is 19.8 Å². The molecule has 0 saturated carbocycles. The van der Waals surface area contributed by atoms with Crippen molar-refractivity contribution in [3.8, 4) is 0 Å². The molecule has 1 aromatic carbocycles. The Morgan fingerprint density at radius 3 is 2.50 bits per heavy atom. The van der Waals surface area contributed by atoms with Crippen LogP contribution >= 0.6 is 24.8 Å². The van der Waals surface area contributed by atoms with Crippen molar-refractivity contribution in [2.24, 2.45) is 0 Å². The summed E-state index contributed by atoms with van der Waals surface area (Å²) in [5.41, 5.74) is 1.96.